The summed E-state index contributed by atoms with van der Waals surface area (Å²) in [5.74, 6) is 0.881. The maximum absolute atomic E-state index is 11.8. The first-order valence-corrected chi connectivity index (χ1v) is 9.52. The summed E-state index contributed by atoms with van der Waals surface area (Å²) in [6, 6.07) is 21.6. The van der Waals surface area contributed by atoms with Crippen molar-refractivity contribution in [1.29, 1.82) is 0 Å². The predicted molar refractivity (Wildman–Crippen MR) is 115 cm³/mol. The van der Waals surface area contributed by atoms with E-state index in [-0.39, 0.29) is 12.5 Å². The molecular weight excluding hydrogens is 411 g/mol. The van der Waals surface area contributed by atoms with Gasteiger partial charge in [0.2, 0.25) is 0 Å². The smallest absolute Gasteiger partial charge is 0.277 e. The second kappa shape index (κ2) is 10.5. The quantitative estimate of drug-likeness (QED) is 0.400. The number of benzene rings is 3. The zero-order chi connectivity index (χ0) is 20.5. The van der Waals surface area contributed by atoms with Gasteiger partial charge >= 0.3 is 0 Å². The Balaban J connectivity index is 1.46. The van der Waals surface area contributed by atoms with Crippen molar-refractivity contribution in [2.45, 2.75) is 6.61 Å². The van der Waals surface area contributed by atoms with Crippen LogP contribution in [0.1, 0.15) is 11.1 Å². The van der Waals surface area contributed by atoms with Crippen LogP contribution < -0.4 is 14.9 Å². The van der Waals surface area contributed by atoms with Gasteiger partial charge in [0.25, 0.3) is 5.91 Å². The van der Waals surface area contributed by atoms with Crippen molar-refractivity contribution in [3.63, 3.8) is 0 Å². The van der Waals surface area contributed by atoms with Crippen LogP contribution in [-0.4, -0.2) is 18.7 Å². The Morgan fingerprint density at radius 2 is 1.59 bits per heavy atom. The van der Waals surface area contributed by atoms with Crippen LogP contribution in [0, 0.1) is 0 Å². The van der Waals surface area contributed by atoms with Gasteiger partial charge in [-0.2, -0.15) is 5.10 Å². The summed E-state index contributed by atoms with van der Waals surface area (Å²) >= 11 is 11.7. The first-order valence-electron chi connectivity index (χ1n) is 8.76. The van der Waals surface area contributed by atoms with E-state index in [0.717, 1.165) is 11.1 Å². The number of carbonyl (C=O) groups is 1. The van der Waals surface area contributed by atoms with Crippen molar-refractivity contribution in [3.05, 3.63) is 94.0 Å². The summed E-state index contributed by atoms with van der Waals surface area (Å²) in [6.07, 6.45) is 1.54. The lowest BCUT2D eigenvalue weighted by molar-refractivity contribution is -0.123. The minimum Gasteiger partial charge on any atom is -0.489 e. The molecule has 0 heterocycles. The number of ether oxygens (including phenoxy) is 2. The third-order valence-corrected chi connectivity index (χ3v) is 4.27. The summed E-state index contributed by atoms with van der Waals surface area (Å²) in [6.45, 7) is 0.278. The summed E-state index contributed by atoms with van der Waals surface area (Å²) < 4.78 is 11.1. The van der Waals surface area contributed by atoms with Gasteiger partial charge in [-0.3, -0.25) is 4.79 Å². The molecule has 0 saturated heterocycles. The van der Waals surface area contributed by atoms with Crippen molar-refractivity contribution in [2.24, 2.45) is 5.10 Å². The second-order valence-electron chi connectivity index (χ2n) is 6.02. The zero-order valence-corrected chi connectivity index (χ0v) is 16.9. The van der Waals surface area contributed by atoms with Crippen LogP contribution in [0.2, 0.25) is 10.0 Å². The van der Waals surface area contributed by atoms with Crippen molar-refractivity contribution < 1.29 is 14.3 Å². The molecule has 3 rings (SSSR count). The topological polar surface area (TPSA) is 59.9 Å². The molecule has 0 aromatic heterocycles. The normalized spacial score (nSPS) is 10.7. The molecule has 0 saturated carbocycles. The number of rotatable bonds is 8. The zero-order valence-electron chi connectivity index (χ0n) is 15.3. The Hall–Kier alpha value is -3.02. The molecule has 5 nitrogen and oxygen atoms in total. The minimum atomic E-state index is -0.369. The number of halogens is 2. The third-order valence-electron chi connectivity index (χ3n) is 3.76. The fourth-order valence-electron chi connectivity index (χ4n) is 2.32. The van der Waals surface area contributed by atoms with Crippen LogP contribution >= 0.6 is 23.2 Å². The van der Waals surface area contributed by atoms with Crippen LogP contribution in [-0.2, 0) is 11.4 Å². The van der Waals surface area contributed by atoms with Gasteiger partial charge < -0.3 is 9.47 Å². The van der Waals surface area contributed by atoms with Crippen LogP contribution in [0.15, 0.2) is 77.9 Å². The first-order chi connectivity index (χ1) is 14.1. The highest BCUT2D eigenvalue weighted by Crippen LogP contribution is 2.16. The molecule has 7 heteroatoms. The number of hydrazone groups is 1. The van der Waals surface area contributed by atoms with Crippen LogP contribution in [0.3, 0.4) is 0 Å². The lowest BCUT2D eigenvalue weighted by atomic mass is 10.2. The molecule has 0 aliphatic rings. The Bertz CT molecular complexity index is 974. The second-order valence-corrected chi connectivity index (χ2v) is 6.90. The summed E-state index contributed by atoms with van der Waals surface area (Å²) in [5.41, 5.74) is 4.23. The lowest BCUT2D eigenvalue weighted by Gasteiger charge is -2.07. The summed E-state index contributed by atoms with van der Waals surface area (Å²) in [4.78, 5) is 11.8. The van der Waals surface area contributed by atoms with Gasteiger partial charge in [0.15, 0.2) is 6.61 Å². The molecule has 0 spiro atoms. The number of hydrogen-bond donors (Lipinski definition) is 1. The van der Waals surface area contributed by atoms with Crippen molar-refractivity contribution >= 4 is 35.3 Å². The third kappa shape index (κ3) is 7.14. The molecule has 29 heavy (non-hydrogen) atoms. The van der Waals surface area contributed by atoms with Crippen LogP contribution in [0.4, 0.5) is 0 Å². The molecule has 0 aliphatic carbocycles. The number of hydrogen-bond acceptors (Lipinski definition) is 4. The first kappa shape index (κ1) is 20.7. The highest BCUT2D eigenvalue weighted by molar-refractivity contribution is 6.30. The molecule has 3 aromatic rings. The Morgan fingerprint density at radius 1 is 0.897 bits per heavy atom. The molecule has 0 radical (unpaired) electrons. The molecule has 0 aliphatic heterocycles. The number of nitrogens with zero attached hydrogens (tertiary/aromatic N) is 1. The summed E-state index contributed by atoms with van der Waals surface area (Å²) in [7, 11) is 0. The minimum absolute atomic E-state index is 0.150. The molecule has 0 atom stereocenters. The van der Waals surface area contributed by atoms with Gasteiger partial charge in [-0.15, -0.1) is 0 Å². The average molecular weight is 429 g/mol. The maximum Gasteiger partial charge on any atom is 0.277 e. The number of amides is 1. The van der Waals surface area contributed by atoms with E-state index in [4.69, 9.17) is 32.7 Å². The Morgan fingerprint density at radius 3 is 2.31 bits per heavy atom. The van der Waals surface area contributed by atoms with Gasteiger partial charge in [0.05, 0.1) is 6.21 Å². The molecule has 0 bridgehead atoms. The number of nitrogens with one attached hydrogen (secondary N) is 1. The highest BCUT2D eigenvalue weighted by atomic mass is 35.5. The maximum atomic E-state index is 11.8. The van der Waals surface area contributed by atoms with Crippen molar-refractivity contribution in [1.82, 2.24) is 5.43 Å². The van der Waals surface area contributed by atoms with E-state index in [1.165, 1.54) is 6.21 Å². The van der Waals surface area contributed by atoms with Gasteiger partial charge in [-0.25, -0.2) is 5.43 Å². The monoisotopic (exact) mass is 428 g/mol. The van der Waals surface area contributed by atoms with E-state index in [2.05, 4.69) is 10.5 Å². The SMILES string of the molecule is O=C(COc1ccc(Cl)cc1)NN=Cc1cccc(OCc2ccc(Cl)cc2)c1. The van der Waals surface area contributed by atoms with Gasteiger partial charge in [0.1, 0.15) is 18.1 Å². The fourth-order valence-corrected chi connectivity index (χ4v) is 2.57. The lowest BCUT2D eigenvalue weighted by Crippen LogP contribution is -2.24. The molecule has 0 fully saturated rings. The highest BCUT2D eigenvalue weighted by Gasteiger charge is 2.02. The average Bonchev–Trinajstić information content (AvgIpc) is 2.73. The fraction of sp³-hybridized carbons (Fsp3) is 0.0909. The molecule has 0 unspecified atom stereocenters. The van der Waals surface area contributed by atoms with Gasteiger partial charge in [-0.1, -0.05) is 47.5 Å². The molecule has 1 N–H and O–H groups in total. The molecule has 1 amide bonds. The Kier molecular flexibility index (Phi) is 7.50. The molecular formula is C22H18Cl2N2O3. The van der Waals surface area contributed by atoms with E-state index in [0.29, 0.717) is 28.2 Å². The van der Waals surface area contributed by atoms with Gasteiger partial charge in [-0.05, 0) is 59.7 Å². The van der Waals surface area contributed by atoms with E-state index in [9.17, 15) is 4.79 Å². The van der Waals surface area contributed by atoms with E-state index < -0.39 is 0 Å². The molecule has 3 aromatic carbocycles. The van der Waals surface area contributed by atoms with E-state index >= 15 is 0 Å². The van der Waals surface area contributed by atoms with Crippen molar-refractivity contribution in [2.75, 3.05) is 6.61 Å². The van der Waals surface area contributed by atoms with Gasteiger partial charge in [0, 0.05) is 10.0 Å². The van der Waals surface area contributed by atoms with E-state index in [1.54, 1.807) is 24.3 Å². The predicted octanol–water partition coefficient (Wildman–Crippen LogP) is 5.10. The summed E-state index contributed by atoms with van der Waals surface area (Å²) in [5, 5.41) is 5.23. The largest absolute Gasteiger partial charge is 0.489 e. The number of carbonyl (C=O) groups excluding carboxylic acids is 1. The molecule has 148 valence electrons. The van der Waals surface area contributed by atoms with E-state index in [1.807, 2.05) is 48.5 Å². The van der Waals surface area contributed by atoms with Crippen LogP contribution in [0.5, 0.6) is 11.5 Å². The van der Waals surface area contributed by atoms with Crippen LogP contribution in [0.25, 0.3) is 0 Å². The standard InChI is InChI=1S/C22H18Cl2N2O3/c23-18-6-4-16(5-7-18)14-28-21-3-1-2-17(12-21)13-25-26-22(27)15-29-20-10-8-19(24)9-11-20/h1-13H,14-15H2,(H,26,27). The van der Waals surface area contributed by atoms with Crippen molar-refractivity contribution in [3.8, 4) is 11.5 Å². The Labute approximate surface area is 178 Å².